The smallest absolute Gasteiger partial charge is 0.318 e. The van der Waals surface area contributed by atoms with E-state index in [1.54, 1.807) is 11.8 Å². The summed E-state index contributed by atoms with van der Waals surface area (Å²) >= 11 is 1.60. The molecule has 0 aromatic rings. The number of hydrogen-bond donors (Lipinski definition) is 3. The molecule has 1 aliphatic rings. The zero-order valence-corrected chi connectivity index (χ0v) is 11.8. The molecule has 0 saturated carbocycles. The lowest BCUT2D eigenvalue weighted by Gasteiger charge is -2.34. The van der Waals surface area contributed by atoms with Crippen LogP contribution in [-0.4, -0.2) is 65.1 Å². The van der Waals surface area contributed by atoms with Crippen LogP contribution in [0.15, 0.2) is 0 Å². The fourth-order valence-corrected chi connectivity index (χ4v) is 2.49. The molecule has 7 nitrogen and oxygen atoms in total. The topological polar surface area (TPSA) is 98.7 Å². The van der Waals surface area contributed by atoms with Crippen LogP contribution < -0.4 is 10.6 Å². The molecule has 1 saturated heterocycles. The number of amides is 3. The molecule has 0 aromatic heterocycles. The third-order valence-electron chi connectivity index (χ3n) is 2.75. The summed E-state index contributed by atoms with van der Waals surface area (Å²) in [7, 11) is 0. The van der Waals surface area contributed by atoms with Crippen LogP contribution in [-0.2, 0) is 9.59 Å². The average Bonchev–Trinajstić information content (AvgIpc) is 2.31. The van der Waals surface area contributed by atoms with Crippen molar-refractivity contribution in [3.63, 3.8) is 0 Å². The Morgan fingerprint density at radius 2 is 2.32 bits per heavy atom. The SMILES string of the molecule is CSCC(C)NC(=O)N1CCNC(=O)C1CC(=O)O. The molecule has 19 heavy (non-hydrogen) atoms. The Morgan fingerprint density at radius 3 is 2.89 bits per heavy atom. The summed E-state index contributed by atoms with van der Waals surface area (Å²) in [5.74, 6) is -0.756. The number of urea groups is 1. The van der Waals surface area contributed by atoms with Crippen molar-refractivity contribution in [2.24, 2.45) is 0 Å². The van der Waals surface area contributed by atoms with Gasteiger partial charge in [-0.25, -0.2) is 4.79 Å². The molecule has 3 N–H and O–H groups in total. The Kier molecular flexibility index (Phi) is 5.94. The molecule has 2 unspecified atom stereocenters. The van der Waals surface area contributed by atoms with Crippen LogP contribution in [0.4, 0.5) is 4.79 Å². The van der Waals surface area contributed by atoms with E-state index in [4.69, 9.17) is 5.11 Å². The summed E-state index contributed by atoms with van der Waals surface area (Å²) in [5.41, 5.74) is 0. The van der Waals surface area contributed by atoms with Crippen molar-refractivity contribution < 1.29 is 19.5 Å². The minimum Gasteiger partial charge on any atom is -0.481 e. The molecule has 1 rings (SSSR count). The monoisotopic (exact) mass is 289 g/mol. The van der Waals surface area contributed by atoms with E-state index in [-0.39, 0.29) is 18.5 Å². The molecule has 0 radical (unpaired) electrons. The maximum atomic E-state index is 12.1. The van der Waals surface area contributed by atoms with Crippen LogP contribution in [0.2, 0.25) is 0 Å². The van der Waals surface area contributed by atoms with Gasteiger partial charge in [0.05, 0.1) is 6.42 Å². The van der Waals surface area contributed by atoms with Crippen molar-refractivity contribution in [3.8, 4) is 0 Å². The first kappa shape index (κ1) is 15.6. The van der Waals surface area contributed by atoms with Gasteiger partial charge < -0.3 is 20.6 Å². The van der Waals surface area contributed by atoms with Gasteiger partial charge in [0.1, 0.15) is 6.04 Å². The highest BCUT2D eigenvalue weighted by molar-refractivity contribution is 7.98. The number of aliphatic carboxylic acids is 1. The molecule has 1 heterocycles. The number of carboxylic acids is 1. The quantitative estimate of drug-likeness (QED) is 0.646. The molecule has 1 aliphatic heterocycles. The first-order chi connectivity index (χ1) is 8.95. The summed E-state index contributed by atoms with van der Waals surface area (Å²) in [6.45, 7) is 2.53. The molecule has 1 fully saturated rings. The standard InChI is InChI=1S/C11H19N3O4S/c1-7(6-19-2)13-11(18)14-4-3-12-10(17)8(14)5-9(15)16/h7-8H,3-6H2,1-2H3,(H,12,17)(H,13,18)(H,15,16). The highest BCUT2D eigenvalue weighted by Crippen LogP contribution is 2.10. The van der Waals surface area contributed by atoms with Gasteiger partial charge in [-0.1, -0.05) is 0 Å². The zero-order valence-electron chi connectivity index (χ0n) is 11.0. The average molecular weight is 289 g/mol. The second-order valence-corrected chi connectivity index (χ2v) is 5.31. The minimum atomic E-state index is -1.10. The number of rotatable bonds is 5. The van der Waals surface area contributed by atoms with E-state index in [2.05, 4.69) is 10.6 Å². The van der Waals surface area contributed by atoms with Gasteiger partial charge in [-0.3, -0.25) is 9.59 Å². The van der Waals surface area contributed by atoms with Crippen LogP contribution in [0.5, 0.6) is 0 Å². The van der Waals surface area contributed by atoms with Crippen molar-refractivity contribution in [3.05, 3.63) is 0 Å². The Labute approximate surface area is 116 Å². The third-order valence-corrected chi connectivity index (χ3v) is 3.58. The fraction of sp³-hybridized carbons (Fsp3) is 0.727. The van der Waals surface area contributed by atoms with Crippen molar-refractivity contribution in [1.29, 1.82) is 0 Å². The molecule has 0 aromatic carbocycles. The summed E-state index contributed by atoms with van der Waals surface area (Å²) in [6, 6.07) is -1.35. The lowest BCUT2D eigenvalue weighted by atomic mass is 10.1. The van der Waals surface area contributed by atoms with E-state index in [0.29, 0.717) is 13.1 Å². The van der Waals surface area contributed by atoms with Crippen molar-refractivity contribution >= 4 is 29.7 Å². The van der Waals surface area contributed by atoms with Crippen LogP contribution >= 0.6 is 11.8 Å². The second-order valence-electron chi connectivity index (χ2n) is 4.40. The molecule has 0 aliphatic carbocycles. The van der Waals surface area contributed by atoms with Gasteiger partial charge in [0, 0.05) is 24.9 Å². The van der Waals surface area contributed by atoms with E-state index in [1.165, 1.54) is 4.90 Å². The van der Waals surface area contributed by atoms with Gasteiger partial charge in [0.25, 0.3) is 0 Å². The predicted molar refractivity (Wildman–Crippen MR) is 72.1 cm³/mol. The van der Waals surface area contributed by atoms with Gasteiger partial charge in [0.15, 0.2) is 0 Å². The van der Waals surface area contributed by atoms with E-state index < -0.39 is 17.9 Å². The number of carbonyl (C=O) groups excluding carboxylic acids is 2. The number of carboxylic acid groups (broad SMARTS) is 1. The van der Waals surface area contributed by atoms with Crippen molar-refractivity contribution in [1.82, 2.24) is 15.5 Å². The molecule has 0 bridgehead atoms. The van der Waals surface area contributed by atoms with Gasteiger partial charge in [-0.15, -0.1) is 0 Å². The molecular formula is C11H19N3O4S. The van der Waals surface area contributed by atoms with Gasteiger partial charge in [0.2, 0.25) is 5.91 Å². The summed E-state index contributed by atoms with van der Waals surface area (Å²) in [6.07, 6.45) is 1.56. The minimum absolute atomic E-state index is 0.0297. The molecule has 3 amide bonds. The van der Waals surface area contributed by atoms with Gasteiger partial charge >= 0.3 is 12.0 Å². The summed E-state index contributed by atoms with van der Waals surface area (Å²) in [4.78, 5) is 35.8. The van der Waals surface area contributed by atoms with Gasteiger partial charge in [-0.2, -0.15) is 11.8 Å². The largest absolute Gasteiger partial charge is 0.481 e. The molecule has 2 atom stereocenters. The zero-order chi connectivity index (χ0) is 14.4. The fourth-order valence-electron chi connectivity index (χ4n) is 1.91. The third kappa shape index (κ3) is 4.62. The van der Waals surface area contributed by atoms with Crippen LogP contribution in [0.3, 0.4) is 0 Å². The maximum absolute atomic E-state index is 12.1. The van der Waals surface area contributed by atoms with Crippen LogP contribution in [0, 0.1) is 0 Å². The lowest BCUT2D eigenvalue weighted by molar-refractivity contribution is -0.142. The number of hydrogen-bond acceptors (Lipinski definition) is 4. The highest BCUT2D eigenvalue weighted by atomic mass is 32.2. The Morgan fingerprint density at radius 1 is 1.63 bits per heavy atom. The van der Waals surface area contributed by atoms with Crippen molar-refractivity contribution in [2.45, 2.75) is 25.4 Å². The maximum Gasteiger partial charge on any atom is 0.318 e. The normalized spacial score (nSPS) is 20.6. The Balaban J connectivity index is 2.68. The predicted octanol–water partition coefficient (Wildman–Crippen LogP) is -0.277. The van der Waals surface area contributed by atoms with Crippen LogP contribution in [0.25, 0.3) is 0 Å². The van der Waals surface area contributed by atoms with Crippen LogP contribution in [0.1, 0.15) is 13.3 Å². The Hall–Kier alpha value is -1.44. The van der Waals surface area contributed by atoms with Crippen molar-refractivity contribution in [2.75, 3.05) is 25.1 Å². The number of piperazine rings is 1. The number of nitrogens with zero attached hydrogens (tertiary/aromatic N) is 1. The van der Waals surface area contributed by atoms with E-state index in [1.807, 2.05) is 13.2 Å². The van der Waals surface area contributed by atoms with Gasteiger partial charge in [-0.05, 0) is 13.2 Å². The molecule has 108 valence electrons. The lowest BCUT2D eigenvalue weighted by Crippen LogP contribution is -2.60. The first-order valence-electron chi connectivity index (χ1n) is 6.01. The first-order valence-corrected chi connectivity index (χ1v) is 7.40. The highest BCUT2D eigenvalue weighted by Gasteiger charge is 2.34. The number of nitrogens with one attached hydrogen (secondary N) is 2. The molecule has 8 heteroatoms. The summed E-state index contributed by atoms with van der Waals surface area (Å²) < 4.78 is 0. The Bertz CT molecular complexity index is 364. The van der Waals surface area contributed by atoms with E-state index in [9.17, 15) is 14.4 Å². The van der Waals surface area contributed by atoms with E-state index >= 15 is 0 Å². The number of thioether (sulfide) groups is 1. The number of carbonyl (C=O) groups is 3. The summed E-state index contributed by atoms with van der Waals surface area (Å²) in [5, 5.41) is 14.1. The van der Waals surface area contributed by atoms with E-state index in [0.717, 1.165) is 5.75 Å². The second kappa shape index (κ2) is 7.22. The molecular weight excluding hydrogens is 270 g/mol. The molecule has 0 spiro atoms.